The lowest BCUT2D eigenvalue weighted by Crippen LogP contribution is -2.36. The van der Waals surface area contributed by atoms with E-state index < -0.39 is 6.04 Å². The molecule has 0 radical (unpaired) electrons. The van der Waals surface area contributed by atoms with Crippen LogP contribution < -0.4 is 19.7 Å². The number of hydrogen-bond donors (Lipinski definition) is 1. The number of methoxy groups -OCH3 is 2. The molecule has 1 atom stereocenters. The Kier molecular flexibility index (Phi) is 6.33. The summed E-state index contributed by atoms with van der Waals surface area (Å²) in [7, 11) is 3.17. The highest BCUT2D eigenvalue weighted by Crippen LogP contribution is 2.52. The van der Waals surface area contributed by atoms with E-state index in [4.69, 9.17) is 9.47 Å². The Morgan fingerprint density at radius 1 is 0.878 bits per heavy atom. The Bertz CT molecular complexity index is 1660. The highest BCUT2D eigenvalue weighted by molar-refractivity contribution is 6.40. The number of carbonyl (C=O) groups is 3. The summed E-state index contributed by atoms with van der Waals surface area (Å²) < 4.78 is 11.3. The van der Waals surface area contributed by atoms with E-state index in [1.807, 2.05) is 41.3 Å². The van der Waals surface area contributed by atoms with E-state index in [2.05, 4.69) is 19.2 Å². The zero-order valence-electron chi connectivity index (χ0n) is 23.8. The molecule has 6 rings (SSSR count). The van der Waals surface area contributed by atoms with Crippen molar-refractivity contribution in [3.63, 3.8) is 0 Å². The monoisotopic (exact) mass is 548 g/mol. The fraction of sp³-hybridized carbons (Fsp3) is 0.265. The molecule has 0 saturated heterocycles. The second-order valence-electron chi connectivity index (χ2n) is 11.5. The number of ketones is 3. The van der Waals surface area contributed by atoms with E-state index in [1.54, 1.807) is 51.5 Å². The van der Waals surface area contributed by atoms with Gasteiger partial charge in [-0.25, -0.2) is 0 Å². The molecule has 0 spiro atoms. The van der Waals surface area contributed by atoms with Crippen molar-refractivity contribution in [2.45, 2.75) is 39.7 Å². The third-order valence-electron chi connectivity index (χ3n) is 8.23. The van der Waals surface area contributed by atoms with Crippen LogP contribution in [0.1, 0.15) is 65.9 Å². The number of para-hydroxylation sites is 2. The molecule has 0 bridgehead atoms. The summed E-state index contributed by atoms with van der Waals surface area (Å²) in [5, 5.41) is 3.58. The van der Waals surface area contributed by atoms with E-state index >= 15 is 0 Å². The third-order valence-corrected chi connectivity index (χ3v) is 8.23. The molecule has 2 aliphatic carbocycles. The quantitative estimate of drug-likeness (QED) is 0.288. The summed E-state index contributed by atoms with van der Waals surface area (Å²) in [6.45, 7) is 5.97. The van der Waals surface area contributed by atoms with Crippen molar-refractivity contribution in [1.29, 1.82) is 0 Å². The lowest BCUT2D eigenvalue weighted by atomic mass is 9.73. The Morgan fingerprint density at radius 3 is 2.20 bits per heavy atom. The second-order valence-corrected chi connectivity index (χ2v) is 11.5. The fourth-order valence-electron chi connectivity index (χ4n) is 6.40. The van der Waals surface area contributed by atoms with Gasteiger partial charge in [0.1, 0.15) is 11.5 Å². The maximum Gasteiger partial charge on any atom is 0.199 e. The second kappa shape index (κ2) is 9.77. The average Bonchev–Trinajstić information content (AvgIpc) is 3.11. The van der Waals surface area contributed by atoms with Crippen LogP contribution in [0.2, 0.25) is 0 Å². The van der Waals surface area contributed by atoms with Gasteiger partial charge in [0.25, 0.3) is 0 Å². The summed E-state index contributed by atoms with van der Waals surface area (Å²) in [4.78, 5) is 43.5. The number of benzene rings is 3. The van der Waals surface area contributed by atoms with Crippen LogP contribution in [-0.4, -0.2) is 31.6 Å². The molecule has 0 fully saturated rings. The first-order chi connectivity index (χ1) is 19.6. The topological polar surface area (TPSA) is 84.9 Å². The molecule has 0 saturated carbocycles. The maximum atomic E-state index is 14.1. The summed E-state index contributed by atoms with van der Waals surface area (Å²) >= 11 is 0. The van der Waals surface area contributed by atoms with Gasteiger partial charge < -0.3 is 19.7 Å². The number of rotatable bonds is 4. The number of ether oxygens (including phenoxy) is 2. The normalized spacial score (nSPS) is 19.2. The van der Waals surface area contributed by atoms with Crippen molar-refractivity contribution in [2.75, 3.05) is 24.4 Å². The van der Waals surface area contributed by atoms with E-state index in [1.165, 1.54) is 0 Å². The van der Waals surface area contributed by atoms with Crippen LogP contribution in [0.5, 0.6) is 11.5 Å². The van der Waals surface area contributed by atoms with E-state index in [-0.39, 0.29) is 28.3 Å². The molecule has 7 nitrogen and oxygen atoms in total. The number of hydrogen-bond acceptors (Lipinski definition) is 7. The number of allylic oxidation sites excluding steroid dienone is 3. The van der Waals surface area contributed by atoms with Crippen LogP contribution in [0.3, 0.4) is 0 Å². The zero-order valence-corrected chi connectivity index (χ0v) is 23.8. The van der Waals surface area contributed by atoms with Crippen molar-refractivity contribution >= 4 is 28.7 Å². The largest absolute Gasteiger partial charge is 0.497 e. The Hall–Kier alpha value is -4.65. The van der Waals surface area contributed by atoms with Gasteiger partial charge in [-0.1, -0.05) is 50.2 Å². The van der Waals surface area contributed by atoms with E-state index in [0.29, 0.717) is 46.7 Å². The van der Waals surface area contributed by atoms with Crippen LogP contribution in [0.15, 0.2) is 89.3 Å². The van der Waals surface area contributed by atoms with E-state index in [0.717, 1.165) is 22.6 Å². The van der Waals surface area contributed by atoms with Crippen LogP contribution >= 0.6 is 0 Å². The summed E-state index contributed by atoms with van der Waals surface area (Å²) in [6.07, 6.45) is 1.02. The van der Waals surface area contributed by atoms with Crippen LogP contribution in [-0.2, 0) is 4.79 Å². The van der Waals surface area contributed by atoms with Crippen molar-refractivity contribution < 1.29 is 23.9 Å². The number of nitrogens with one attached hydrogen (secondary N) is 1. The SMILES string of the molecule is COc1ccc([C@H]2C3=C(CC(C)(C)CC3=O)Nc3ccccc3N2C(C)=C2C(=O)c3ccccc3C2=O)c(OC)c1. The Balaban J connectivity index is 1.68. The zero-order chi connectivity index (χ0) is 29.1. The minimum atomic E-state index is -0.678. The molecule has 3 aromatic carbocycles. The van der Waals surface area contributed by atoms with Crippen molar-refractivity contribution in [1.82, 2.24) is 0 Å². The molecular weight excluding hydrogens is 516 g/mol. The first-order valence-electron chi connectivity index (χ1n) is 13.7. The molecule has 1 N–H and O–H groups in total. The van der Waals surface area contributed by atoms with Gasteiger partial charge in [0, 0.05) is 46.1 Å². The summed E-state index contributed by atoms with van der Waals surface area (Å²) in [6, 6.07) is 19.5. The van der Waals surface area contributed by atoms with Gasteiger partial charge in [-0.05, 0) is 43.0 Å². The van der Waals surface area contributed by atoms with Crippen molar-refractivity contribution in [3.05, 3.63) is 106 Å². The molecule has 3 aliphatic rings. The predicted octanol–water partition coefficient (Wildman–Crippen LogP) is 6.67. The first kappa shape index (κ1) is 26.6. The standard InChI is InChI=1S/C34H32N2O5/c1-19(29-32(38)21-10-6-7-11-22(21)33(29)39)36-26-13-9-8-12-24(26)35-25-17-34(2,3)18-27(37)30(25)31(36)23-15-14-20(40-4)16-28(23)41-5/h6-16,31,35H,17-18H2,1-5H3/t31-/m0/s1. The van der Waals surface area contributed by atoms with Gasteiger partial charge in [-0.2, -0.15) is 0 Å². The highest BCUT2D eigenvalue weighted by Gasteiger charge is 2.45. The minimum Gasteiger partial charge on any atom is -0.497 e. The van der Waals surface area contributed by atoms with Crippen LogP contribution in [0.25, 0.3) is 0 Å². The molecule has 0 unspecified atom stereocenters. The van der Waals surface area contributed by atoms with E-state index in [9.17, 15) is 14.4 Å². The lowest BCUT2D eigenvalue weighted by molar-refractivity contribution is -0.118. The van der Waals surface area contributed by atoms with Crippen molar-refractivity contribution in [2.24, 2.45) is 5.41 Å². The number of anilines is 2. The third kappa shape index (κ3) is 4.24. The fourth-order valence-corrected chi connectivity index (χ4v) is 6.40. The highest BCUT2D eigenvalue weighted by atomic mass is 16.5. The minimum absolute atomic E-state index is 0.00888. The molecule has 0 amide bonds. The molecule has 0 aromatic heterocycles. The van der Waals surface area contributed by atoms with Gasteiger partial charge in [0.15, 0.2) is 17.3 Å². The van der Waals surface area contributed by atoms with Gasteiger partial charge in [0.05, 0.1) is 37.2 Å². The Morgan fingerprint density at radius 2 is 1.54 bits per heavy atom. The molecule has 3 aromatic rings. The Labute approximate surface area is 239 Å². The van der Waals surface area contributed by atoms with Gasteiger partial charge >= 0.3 is 0 Å². The molecule has 7 heteroatoms. The molecular formula is C34H32N2O5. The summed E-state index contributed by atoms with van der Waals surface area (Å²) in [5.74, 6) is 0.524. The summed E-state index contributed by atoms with van der Waals surface area (Å²) in [5.41, 5.74) is 4.80. The average molecular weight is 549 g/mol. The molecule has 1 aliphatic heterocycles. The maximum absolute atomic E-state index is 14.1. The molecule has 41 heavy (non-hydrogen) atoms. The number of carbonyl (C=O) groups excluding carboxylic acids is 3. The number of Topliss-reactive ketones (excluding diaryl/α,β-unsaturated/α-hetero) is 3. The first-order valence-corrected chi connectivity index (χ1v) is 13.7. The number of fused-ring (bicyclic) bond motifs is 2. The smallest absolute Gasteiger partial charge is 0.199 e. The van der Waals surface area contributed by atoms with Crippen LogP contribution in [0, 0.1) is 5.41 Å². The van der Waals surface area contributed by atoms with Gasteiger partial charge in [-0.15, -0.1) is 0 Å². The van der Waals surface area contributed by atoms with Gasteiger partial charge in [-0.3, -0.25) is 14.4 Å². The predicted molar refractivity (Wildman–Crippen MR) is 158 cm³/mol. The number of nitrogens with zero attached hydrogens (tertiary/aromatic N) is 1. The van der Waals surface area contributed by atoms with Crippen LogP contribution in [0.4, 0.5) is 11.4 Å². The van der Waals surface area contributed by atoms with Crippen molar-refractivity contribution in [3.8, 4) is 11.5 Å². The molecule has 1 heterocycles. The molecule has 208 valence electrons. The van der Waals surface area contributed by atoms with Gasteiger partial charge in [0.2, 0.25) is 0 Å². The lowest BCUT2D eigenvalue weighted by Gasteiger charge is -2.39.